The molecule has 7 nitrogen and oxygen atoms in total. The lowest BCUT2D eigenvalue weighted by atomic mass is 10.2. The first kappa shape index (κ1) is 16.9. The third kappa shape index (κ3) is 5.06. The van der Waals surface area contributed by atoms with Gasteiger partial charge in [0.15, 0.2) is 0 Å². The Morgan fingerprint density at radius 2 is 2.10 bits per heavy atom. The molecule has 1 amide bonds. The molecule has 0 saturated carbocycles. The van der Waals surface area contributed by atoms with Gasteiger partial charge in [-0.1, -0.05) is 12.1 Å². The summed E-state index contributed by atoms with van der Waals surface area (Å²) in [5, 5.41) is 11.6. The van der Waals surface area contributed by atoms with Crippen molar-refractivity contribution in [3.05, 3.63) is 29.8 Å². The molecule has 8 heteroatoms. The van der Waals surface area contributed by atoms with Gasteiger partial charge in [0, 0.05) is 13.7 Å². The fourth-order valence-corrected chi connectivity index (χ4v) is 2.51. The summed E-state index contributed by atoms with van der Waals surface area (Å²) >= 11 is 0. The number of para-hydroxylation sites is 1. The zero-order valence-corrected chi connectivity index (χ0v) is 12.7. The molecule has 1 N–H and O–H groups in total. The van der Waals surface area contributed by atoms with E-state index in [2.05, 4.69) is 5.32 Å². The molecule has 0 aliphatic heterocycles. The van der Waals surface area contributed by atoms with Crippen molar-refractivity contribution in [1.29, 1.82) is 5.26 Å². The Bertz CT molecular complexity index is 637. The second-order valence-electron chi connectivity index (χ2n) is 4.24. The number of nitriles is 1. The fraction of sp³-hybridized carbons (Fsp3) is 0.385. The van der Waals surface area contributed by atoms with Crippen molar-refractivity contribution < 1.29 is 17.9 Å². The van der Waals surface area contributed by atoms with Gasteiger partial charge >= 0.3 is 0 Å². The number of rotatable bonds is 7. The number of carbonyl (C=O) groups is 1. The van der Waals surface area contributed by atoms with E-state index in [1.165, 1.54) is 19.2 Å². The maximum Gasteiger partial charge on any atom is 0.240 e. The Balaban J connectivity index is 2.98. The number of nitrogens with zero attached hydrogens (tertiary/aromatic N) is 2. The van der Waals surface area contributed by atoms with E-state index in [0.717, 1.165) is 10.6 Å². The quantitative estimate of drug-likeness (QED) is 0.719. The molecule has 1 aromatic rings. The van der Waals surface area contributed by atoms with Crippen LogP contribution < -0.4 is 9.62 Å². The lowest BCUT2D eigenvalue weighted by molar-refractivity contribution is -0.119. The predicted octanol–water partition coefficient (Wildman–Crippen LogP) is 0.0869. The van der Waals surface area contributed by atoms with Crippen LogP contribution in [0, 0.1) is 11.3 Å². The van der Waals surface area contributed by atoms with E-state index in [0.29, 0.717) is 6.61 Å². The molecule has 0 unspecified atom stereocenters. The van der Waals surface area contributed by atoms with Crippen LogP contribution in [0.2, 0.25) is 0 Å². The molecule has 0 bridgehead atoms. The van der Waals surface area contributed by atoms with Crippen molar-refractivity contribution in [2.45, 2.75) is 0 Å². The number of sulfonamides is 1. The van der Waals surface area contributed by atoms with Crippen molar-refractivity contribution in [2.24, 2.45) is 0 Å². The summed E-state index contributed by atoms with van der Waals surface area (Å²) < 4.78 is 29.5. The Kier molecular flexibility index (Phi) is 6.14. The first-order valence-corrected chi connectivity index (χ1v) is 7.97. The highest BCUT2D eigenvalue weighted by atomic mass is 32.2. The average Bonchev–Trinajstić information content (AvgIpc) is 2.44. The molecule has 0 atom stereocenters. The summed E-state index contributed by atoms with van der Waals surface area (Å²) in [5.41, 5.74) is 0.372. The second-order valence-corrected chi connectivity index (χ2v) is 6.15. The van der Waals surface area contributed by atoms with E-state index < -0.39 is 15.9 Å². The Morgan fingerprint density at radius 3 is 2.67 bits per heavy atom. The summed E-state index contributed by atoms with van der Waals surface area (Å²) in [6, 6.07) is 8.13. The predicted molar refractivity (Wildman–Crippen MR) is 78.2 cm³/mol. The smallest absolute Gasteiger partial charge is 0.240 e. The Labute approximate surface area is 124 Å². The minimum absolute atomic E-state index is 0.185. The van der Waals surface area contributed by atoms with Gasteiger partial charge in [-0.15, -0.1) is 0 Å². The molecule has 1 rings (SSSR count). The summed E-state index contributed by atoms with van der Waals surface area (Å²) in [6.07, 6.45) is 0.990. The lowest BCUT2D eigenvalue weighted by Crippen LogP contribution is -2.41. The summed E-state index contributed by atoms with van der Waals surface area (Å²) in [5.74, 6) is -0.467. The van der Waals surface area contributed by atoms with Crippen LogP contribution in [0.3, 0.4) is 0 Å². The van der Waals surface area contributed by atoms with E-state index in [4.69, 9.17) is 10.00 Å². The highest BCUT2D eigenvalue weighted by Gasteiger charge is 2.22. The molecule has 21 heavy (non-hydrogen) atoms. The largest absolute Gasteiger partial charge is 0.383 e. The number of carbonyl (C=O) groups excluding carboxylic acids is 1. The number of hydrogen-bond acceptors (Lipinski definition) is 5. The van der Waals surface area contributed by atoms with Crippen LogP contribution in [-0.2, 0) is 19.6 Å². The van der Waals surface area contributed by atoms with Gasteiger partial charge in [0.05, 0.1) is 24.1 Å². The standard InChI is InChI=1S/C13H17N3O4S/c1-20-8-7-15-13(17)10-16(21(2,18)19)12-6-4-3-5-11(12)9-14/h3-6H,7-8,10H2,1-2H3,(H,15,17). The highest BCUT2D eigenvalue weighted by Crippen LogP contribution is 2.21. The Hall–Kier alpha value is -2.11. The van der Waals surface area contributed by atoms with Crippen LogP contribution >= 0.6 is 0 Å². The molecular formula is C13H17N3O4S. The maximum absolute atomic E-state index is 11.9. The van der Waals surface area contributed by atoms with Crippen LogP contribution in [0.25, 0.3) is 0 Å². The minimum atomic E-state index is -3.69. The molecule has 114 valence electrons. The van der Waals surface area contributed by atoms with Crippen molar-refractivity contribution >= 4 is 21.6 Å². The van der Waals surface area contributed by atoms with E-state index in [1.54, 1.807) is 12.1 Å². The summed E-state index contributed by atoms with van der Waals surface area (Å²) in [4.78, 5) is 11.8. The minimum Gasteiger partial charge on any atom is -0.383 e. The molecule has 1 aromatic carbocycles. The molecule has 0 aliphatic rings. The molecule has 0 radical (unpaired) electrons. The van der Waals surface area contributed by atoms with Crippen LogP contribution in [0.4, 0.5) is 5.69 Å². The van der Waals surface area contributed by atoms with Gasteiger partial charge in [-0.2, -0.15) is 5.26 Å². The van der Waals surface area contributed by atoms with E-state index >= 15 is 0 Å². The second kappa shape index (κ2) is 7.61. The summed E-state index contributed by atoms with van der Waals surface area (Å²) in [6.45, 7) is 0.230. The van der Waals surface area contributed by atoms with Gasteiger partial charge in [0.1, 0.15) is 12.6 Å². The first-order valence-electron chi connectivity index (χ1n) is 6.12. The Morgan fingerprint density at radius 1 is 1.43 bits per heavy atom. The van der Waals surface area contributed by atoms with Gasteiger partial charge in [-0.05, 0) is 12.1 Å². The number of amides is 1. The number of ether oxygens (including phenoxy) is 1. The zero-order chi connectivity index (χ0) is 15.9. The van der Waals surface area contributed by atoms with Crippen molar-refractivity contribution in [3.63, 3.8) is 0 Å². The fourth-order valence-electron chi connectivity index (χ4n) is 1.65. The molecular weight excluding hydrogens is 294 g/mol. The SMILES string of the molecule is COCCNC(=O)CN(c1ccccc1C#N)S(C)(=O)=O. The molecule has 0 aliphatic carbocycles. The normalized spacial score (nSPS) is 10.7. The molecule has 0 heterocycles. The number of hydrogen-bond donors (Lipinski definition) is 1. The average molecular weight is 311 g/mol. The third-order valence-electron chi connectivity index (χ3n) is 2.61. The third-order valence-corrected chi connectivity index (χ3v) is 3.74. The van der Waals surface area contributed by atoms with Crippen molar-refractivity contribution in [3.8, 4) is 6.07 Å². The molecule has 0 fully saturated rings. The van der Waals surface area contributed by atoms with Gasteiger partial charge in [-0.25, -0.2) is 8.42 Å². The highest BCUT2D eigenvalue weighted by molar-refractivity contribution is 7.92. The van der Waals surface area contributed by atoms with Crippen LogP contribution in [0.5, 0.6) is 0 Å². The van der Waals surface area contributed by atoms with Crippen LogP contribution in [0.15, 0.2) is 24.3 Å². The maximum atomic E-state index is 11.9. The van der Waals surface area contributed by atoms with Crippen molar-refractivity contribution in [1.82, 2.24) is 5.32 Å². The number of nitrogens with one attached hydrogen (secondary N) is 1. The molecule has 0 spiro atoms. The van der Waals surface area contributed by atoms with Crippen LogP contribution in [-0.4, -0.2) is 47.4 Å². The first-order chi connectivity index (χ1) is 9.90. The number of anilines is 1. The monoisotopic (exact) mass is 311 g/mol. The number of benzene rings is 1. The zero-order valence-electron chi connectivity index (χ0n) is 11.9. The van der Waals surface area contributed by atoms with Gasteiger partial charge < -0.3 is 10.1 Å². The van der Waals surface area contributed by atoms with E-state index in [9.17, 15) is 13.2 Å². The number of methoxy groups -OCH3 is 1. The molecule has 0 aromatic heterocycles. The van der Waals surface area contributed by atoms with Gasteiger partial charge in [0.2, 0.25) is 15.9 Å². The van der Waals surface area contributed by atoms with Crippen molar-refractivity contribution in [2.75, 3.05) is 37.4 Å². The topological polar surface area (TPSA) is 99.5 Å². The van der Waals surface area contributed by atoms with Crippen LogP contribution in [0.1, 0.15) is 5.56 Å². The summed E-state index contributed by atoms with van der Waals surface area (Å²) in [7, 11) is -2.19. The lowest BCUT2D eigenvalue weighted by Gasteiger charge is -2.22. The van der Waals surface area contributed by atoms with E-state index in [-0.39, 0.29) is 24.3 Å². The molecule has 0 saturated heterocycles. The van der Waals surface area contributed by atoms with Gasteiger partial charge in [0.25, 0.3) is 0 Å². The van der Waals surface area contributed by atoms with E-state index in [1.807, 2.05) is 6.07 Å². The van der Waals surface area contributed by atoms with Gasteiger partial charge in [-0.3, -0.25) is 9.10 Å².